The van der Waals surface area contributed by atoms with Crippen molar-refractivity contribution in [3.8, 4) is 11.5 Å². The van der Waals surface area contributed by atoms with E-state index in [1.165, 1.54) is 0 Å². The molecule has 4 rings (SSSR count). The van der Waals surface area contributed by atoms with E-state index in [9.17, 15) is 4.79 Å². The van der Waals surface area contributed by atoms with Crippen LogP contribution in [0.15, 0.2) is 40.9 Å². The number of halogens is 2. The number of piperazine rings is 1. The lowest BCUT2D eigenvalue weighted by Crippen LogP contribution is -2.48. The Morgan fingerprint density at radius 1 is 1.00 bits per heavy atom. The van der Waals surface area contributed by atoms with Gasteiger partial charge in [-0.3, -0.25) is 9.69 Å². The first-order chi connectivity index (χ1) is 13.1. The summed E-state index contributed by atoms with van der Waals surface area (Å²) in [6.07, 6.45) is 0. The molecule has 0 aromatic heterocycles. The Morgan fingerprint density at radius 2 is 1.63 bits per heavy atom. The second-order valence-electron chi connectivity index (χ2n) is 6.66. The van der Waals surface area contributed by atoms with Crippen LogP contribution in [0.4, 0.5) is 0 Å². The van der Waals surface area contributed by atoms with Crippen LogP contribution in [0, 0.1) is 0 Å². The Labute approximate surface area is 171 Å². The number of benzene rings is 2. The second-order valence-corrected chi connectivity index (χ2v) is 7.95. The molecule has 1 fully saturated rings. The van der Waals surface area contributed by atoms with E-state index < -0.39 is 0 Å². The van der Waals surface area contributed by atoms with Crippen molar-refractivity contribution in [2.75, 3.05) is 39.4 Å². The van der Waals surface area contributed by atoms with Crippen LogP contribution in [-0.2, 0) is 6.54 Å². The normalized spacial score (nSPS) is 17.0. The molecule has 0 aliphatic carbocycles. The van der Waals surface area contributed by atoms with Crippen molar-refractivity contribution in [3.63, 3.8) is 0 Å². The molecule has 0 unspecified atom stereocenters. The molecule has 0 N–H and O–H groups in total. The van der Waals surface area contributed by atoms with Gasteiger partial charge in [-0.2, -0.15) is 0 Å². The Morgan fingerprint density at radius 3 is 2.30 bits per heavy atom. The maximum Gasteiger partial charge on any atom is 0.253 e. The maximum absolute atomic E-state index is 12.6. The summed E-state index contributed by atoms with van der Waals surface area (Å²) in [5, 5.41) is 0.640. The predicted molar refractivity (Wildman–Crippen MR) is 108 cm³/mol. The first-order valence-electron chi connectivity index (χ1n) is 8.95. The largest absolute Gasteiger partial charge is 0.486 e. The average Bonchev–Trinajstić information content (AvgIpc) is 2.69. The van der Waals surface area contributed by atoms with Gasteiger partial charge < -0.3 is 14.4 Å². The first-order valence-corrected chi connectivity index (χ1v) is 10.1. The molecule has 0 saturated carbocycles. The third-order valence-electron chi connectivity index (χ3n) is 4.86. The number of ether oxygens (including phenoxy) is 2. The zero-order valence-corrected chi connectivity index (χ0v) is 17.1. The molecule has 7 heteroatoms. The molecule has 1 amide bonds. The van der Waals surface area contributed by atoms with E-state index in [-0.39, 0.29) is 5.91 Å². The number of rotatable bonds is 3. The van der Waals surface area contributed by atoms with E-state index >= 15 is 0 Å². The molecule has 0 radical (unpaired) electrons. The molecule has 142 valence electrons. The van der Waals surface area contributed by atoms with Gasteiger partial charge >= 0.3 is 0 Å². The van der Waals surface area contributed by atoms with Gasteiger partial charge in [0.15, 0.2) is 11.5 Å². The highest BCUT2D eigenvalue weighted by Crippen LogP contribution is 2.36. The molecular formula is C20H20BrClN2O3. The fourth-order valence-corrected chi connectivity index (χ4v) is 3.93. The SMILES string of the molecule is O=C(c1ccc(Cl)cc1)N1CCN(Cc2cc3c(cc2Br)OCCO3)CC1. The molecule has 5 nitrogen and oxygen atoms in total. The minimum absolute atomic E-state index is 0.0619. The molecule has 2 heterocycles. The van der Waals surface area contributed by atoms with Crippen LogP contribution >= 0.6 is 27.5 Å². The van der Waals surface area contributed by atoms with E-state index in [0.29, 0.717) is 36.9 Å². The lowest BCUT2D eigenvalue weighted by Gasteiger charge is -2.35. The van der Waals surface area contributed by atoms with Gasteiger partial charge in [0, 0.05) is 47.8 Å². The minimum atomic E-state index is 0.0619. The number of nitrogens with zero attached hydrogens (tertiary/aromatic N) is 2. The highest BCUT2D eigenvalue weighted by atomic mass is 79.9. The number of carbonyl (C=O) groups excluding carboxylic acids is 1. The average molecular weight is 452 g/mol. The standard InChI is InChI=1S/C20H20BrClN2O3/c21-17-12-19-18(26-9-10-27-19)11-15(17)13-23-5-7-24(8-6-23)20(25)14-1-3-16(22)4-2-14/h1-4,11-12H,5-10,13H2. The fourth-order valence-electron chi connectivity index (χ4n) is 3.35. The van der Waals surface area contributed by atoms with Crippen molar-refractivity contribution in [3.05, 3.63) is 57.0 Å². The topological polar surface area (TPSA) is 42.0 Å². The molecule has 1 saturated heterocycles. The monoisotopic (exact) mass is 450 g/mol. The number of fused-ring (bicyclic) bond motifs is 1. The summed E-state index contributed by atoms with van der Waals surface area (Å²) in [4.78, 5) is 16.9. The van der Waals surface area contributed by atoms with E-state index in [4.69, 9.17) is 21.1 Å². The van der Waals surface area contributed by atoms with E-state index in [1.807, 2.05) is 17.0 Å². The zero-order valence-electron chi connectivity index (χ0n) is 14.8. The van der Waals surface area contributed by atoms with Gasteiger partial charge in [0.2, 0.25) is 0 Å². The van der Waals surface area contributed by atoms with Crippen LogP contribution in [0.5, 0.6) is 11.5 Å². The Balaban J connectivity index is 1.37. The number of hydrogen-bond acceptors (Lipinski definition) is 4. The molecular weight excluding hydrogens is 432 g/mol. The summed E-state index contributed by atoms with van der Waals surface area (Å²) in [5.74, 6) is 1.65. The molecule has 0 atom stereocenters. The van der Waals surface area contributed by atoms with Crippen molar-refractivity contribution < 1.29 is 14.3 Å². The summed E-state index contributed by atoms with van der Waals surface area (Å²) in [7, 11) is 0. The Kier molecular flexibility index (Phi) is 5.57. The smallest absolute Gasteiger partial charge is 0.253 e. The van der Waals surface area contributed by atoms with Crippen LogP contribution in [0.3, 0.4) is 0 Å². The molecule has 0 spiro atoms. The van der Waals surface area contributed by atoms with Gasteiger partial charge in [0.1, 0.15) is 13.2 Å². The molecule has 2 aromatic carbocycles. The molecule has 2 aromatic rings. The van der Waals surface area contributed by atoms with Gasteiger partial charge in [0.25, 0.3) is 5.91 Å². The maximum atomic E-state index is 12.6. The lowest BCUT2D eigenvalue weighted by molar-refractivity contribution is 0.0628. The summed E-state index contributed by atoms with van der Waals surface area (Å²) in [5.41, 5.74) is 1.85. The van der Waals surface area contributed by atoms with Crippen LogP contribution in [0.25, 0.3) is 0 Å². The van der Waals surface area contributed by atoms with Crippen molar-refractivity contribution in [2.24, 2.45) is 0 Å². The van der Waals surface area contributed by atoms with Crippen molar-refractivity contribution in [2.45, 2.75) is 6.54 Å². The summed E-state index contributed by atoms with van der Waals surface area (Å²) in [6, 6.07) is 11.1. The quantitative estimate of drug-likeness (QED) is 0.711. The van der Waals surface area contributed by atoms with Crippen molar-refractivity contribution in [1.82, 2.24) is 9.80 Å². The molecule has 2 aliphatic rings. The van der Waals surface area contributed by atoms with Crippen molar-refractivity contribution >= 4 is 33.4 Å². The van der Waals surface area contributed by atoms with E-state index in [2.05, 4.69) is 20.8 Å². The third kappa shape index (κ3) is 4.23. The summed E-state index contributed by atoms with van der Waals surface area (Å²) >= 11 is 9.54. The molecule has 0 bridgehead atoms. The lowest BCUT2D eigenvalue weighted by atomic mass is 10.1. The number of carbonyl (C=O) groups is 1. The molecule has 27 heavy (non-hydrogen) atoms. The highest BCUT2D eigenvalue weighted by molar-refractivity contribution is 9.10. The second kappa shape index (κ2) is 8.09. The predicted octanol–water partition coefficient (Wildman–Crippen LogP) is 3.83. The van der Waals surface area contributed by atoms with Crippen LogP contribution < -0.4 is 9.47 Å². The van der Waals surface area contributed by atoms with E-state index in [0.717, 1.165) is 41.2 Å². The van der Waals surface area contributed by atoms with Crippen molar-refractivity contribution in [1.29, 1.82) is 0 Å². The minimum Gasteiger partial charge on any atom is -0.486 e. The van der Waals surface area contributed by atoms with Gasteiger partial charge in [-0.15, -0.1) is 0 Å². The third-order valence-corrected chi connectivity index (χ3v) is 5.85. The highest BCUT2D eigenvalue weighted by Gasteiger charge is 2.23. The van der Waals surface area contributed by atoms with Gasteiger partial charge in [0.05, 0.1) is 0 Å². The van der Waals surface area contributed by atoms with Crippen LogP contribution in [-0.4, -0.2) is 55.1 Å². The number of amides is 1. The summed E-state index contributed by atoms with van der Waals surface area (Å²) in [6.45, 7) is 5.07. The first kappa shape index (κ1) is 18.6. The zero-order chi connectivity index (χ0) is 18.8. The van der Waals surface area contributed by atoms with Crippen LogP contribution in [0.1, 0.15) is 15.9 Å². The summed E-state index contributed by atoms with van der Waals surface area (Å²) < 4.78 is 12.3. The van der Waals surface area contributed by atoms with Gasteiger partial charge in [-0.25, -0.2) is 0 Å². The molecule has 2 aliphatic heterocycles. The van der Waals surface area contributed by atoms with Crippen LogP contribution in [0.2, 0.25) is 5.02 Å². The Bertz CT molecular complexity index is 836. The van der Waals surface area contributed by atoms with Gasteiger partial charge in [-0.1, -0.05) is 27.5 Å². The van der Waals surface area contributed by atoms with E-state index in [1.54, 1.807) is 24.3 Å². The number of hydrogen-bond donors (Lipinski definition) is 0. The van der Waals surface area contributed by atoms with Gasteiger partial charge in [-0.05, 0) is 42.0 Å². The fraction of sp³-hybridized carbons (Fsp3) is 0.350. The Hall–Kier alpha value is -1.76.